The standard InChI is InChI=1S/C16H22N2O2S/c1-13(2)15-4-3-10-18(11-9-15)21(19,20)16-7-5-14(12-17)6-8-16/h5-8,13,15H,3-4,9-11H2,1-2H3. The maximum absolute atomic E-state index is 12.7. The molecule has 114 valence electrons. The van der Waals surface area contributed by atoms with Crippen molar-refractivity contribution in [3.63, 3.8) is 0 Å². The predicted octanol–water partition coefficient (Wildman–Crippen LogP) is 3.01. The lowest BCUT2D eigenvalue weighted by atomic mass is 9.89. The van der Waals surface area contributed by atoms with Gasteiger partial charge in [-0.3, -0.25) is 0 Å². The number of nitrogens with zero attached hydrogens (tertiary/aromatic N) is 2. The van der Waals surface area contributed by atoms with E-state index in [1.807, 2.05) is 6.07 Å². The molecule has 1 aromatic carbocycles. The normalized spacial score (nSPS) is 21.0. The van der Waals surface area contributed by atoms with Gasteiger partial charge in [-0.25, -0.2) is 8.42 Å². The van der Waals surface area contributed by atoms with Gasteiger partial charge in [-0.15, -0.1) is 0 Å². The fourth-order valence-corrected chi connectivity index (χ4v) is 4.35. The van der Waals surface area contributed by atoms with Gasteiger partial charge in [0.2, 0.25) is 10.0 Å². The molecule has 1 aliphatic heterocycles. The van der Waals surface area contributed by atoms with E-state index >= 15 is 0 Å². The Morgan fingerprint density at radius 3 is 2.43 bits per heavy atom. The number of nitriles is 1. The summed E-state index contributed by atoms with van der Waals surface area (Å²) in [6, 6.07) is 8.17. The minimum absolute atomic E-state index is 0.282. The van der Waals surface area contributed by atoms with Gasteiger partial charge in [-0.1, -0.05) is 13.8 Å². The van der Waals surface area contributed by atoms with Crippen LogP contribution in [-0.2, 0) is 10.0 Å². The van der Waals surface area contributed by atoms with Crippen LogP contribution < -0.4 is 0 Å². The van der Waals surface area contributed by atoms with Gasteiger partial charge in [0.05, 0.1) is 16.5 Å². The van der Waals surface area contributed by atoms with E-state index in [1.165, 1.54) is 12.1 Å². The first-order valence-corrected chi connectivity index (χ1v) is 8.89. The van der Waals surface area contributed by atoms with Crippen molar-refractivity contribution < 1.29 is 8.42 Å². The molecule has 4 nitrogen and oxygen atoms in total. The Hall–Kier alpha value is -1.38. The van der Waals surface area contributed by atoms with E-state index in [1.54, 1.807) is 16.4 Å². The summed E-state index contributed by atoms with van der Waals surface area (Å²) in [5.41, 5.74) is 0.477. The highest BCUT2D eigenvalue weighted by Gasteiger charge is 2.28. The molecule has 0 aliphatic carbocycles. The van der Waals surface area contributed by atoms with Crippen LogP contribution >= 0.6 is 0 Å². The molecular formula is C16H22N2O2S. The van der Waals surface area contributed by atoms with Crippen LogP contribution in [0.25, 0.3) is 0 Å². The zero-order chi connectivity index (χ0) is 15.5. The van der Waals surface area contributed by atoms with Crippen LogP contribution in [0.3, 0.4) is 0 Å². The molecule has 0 amide bonds. The summed E-state index contributed by atoms with van der Waals surface area (Å²) in [5.74, 6) is 1.20. The molecule has 0 saturated carbocycles. The number of sulfonamides is 1. The smallest absolute Gasteiger partial charge is 0.207 e. The largest absolute Gasteiger partial charge is 0.243 e. The molecule has 2 rings (SSSR count). The molecule has 1 aliphatic rings. The fraction of sp³-hybridized carbons (Fsp3) is 0.562. The van der Waals surface area contributed by atoms with Crippen LogP contribution in [-0.4, -0.2) is 25.8 Å². The molecular weight excluding hydrogens is 284 g/mol. The Kier molecular flexibility index (Phi) is 5.02. The summed E-state index contributed by atoms with van der Waals surface area (Å²) in [5, 5.41) is 8.79. The second-order valence-corrected chi connectivity index (χ2v) is 7.91. The highest BCUT2D eigenvalue weighted by atomic mass is 32.2. The first-order valence-electron chi connectivity index (χ1n) is 7.45. The van der Waals surface area contributed by atoms with Crippen molar-refractivity contribution >= 4 is 10.0 Å². The lowest BCUT2D eigenvalue weighted by molar-refractivity contribution is 0.341. The molecule has 0 aromatic heterocycles. The zero-order valence-electron chi connectivity index (χ0n) is 12.6. The van der Waals surface area contributed by atoms with Crippen LogP contribution in [0.4, 0.5) is 0 Å². The minimum Gasteiger partial charge on any atom is -0.207 e. The van der Waals surface area contributed by atoms with E-state index < -0.39 is 10.0 Å². The van der Waals surface area contributed by atoms with Crippen molar-refractivity contribution in [3.8, 4) is 6.07 Å². The molecule has 1 aromatic rings. The number of hydrogen-bond acceptors (Lipinski definition) is 3. The Labute approximate surface area is 127 Å². The van der Waals surface area contributed by atoms with Crippen molar-refractivity contribution in [2.45, 2.75) is 38.0 Å². The van der Waals surface area contributed by atoms with Gasteiger partial charge >= 0.3 is 0 Å². The second kappa shape index (κ2) is 6.59. The molecule has 5 heteroatoms. The Morgan fingerprint density at radius 1 is 1.19 bits per heavy atom. The molecule has 1 heterocycles. The molecule has 0 radical (unpaired) electrons. The molecule has 1 unspecified atom stereocenters. The SMILES string of the molecule is CC(C)C1CCCN(S(=O)(=O)c2ccc(C#N)cc2)CC1. The van der Waals surface area contributed by atoms with Gasteiger partial charge in [-0.2, -0.15) is 9.57 Å². The molecule has 0 spiro atoms. The van der Waals surface area contributed by atoms with Crippen molar-refractivity contribution in [2.24, 2.45) is 11.8 Å². The van der Waals surface area contributed by atoms with Crippen LogP contribution in [0, 0.1) is 23.2 Å². The third-order valence-corrected chi connectivity index (χ3v) is 6.21. The average molecular weight is 306 g/mol. The van der Waals surface area contributed by atoms with Crippen LogP contribution in [0.1, 0.15) is 38.7 Å². The lowest BCUT2D eigenvalue weighted by Gasteiger charge is -2.21. The molecule has 1 fully saturated rings. The van der Waals surface area contributed by atoms with Crippen molar-refractivity contribution in [3.05, 3.63) is 29.8 Å². The van der Waals surface area contributed by atoms with Crippen molar-refractivity contribution in [2.75, 3.05) is 13.1 Å². The maximum Gasteiger partial charge on any atom is 0.243 e. The van der Waals surface area contributed by atoms with Gasteiger partial charge in [-0.05, 0) is 55.4 Å². The van der Waals surface area contributed by atoms with Crippen LogP contribution in [0.15, 0.2) is 29.2 Å². The summed E-state index contributed by atoms with van der Waals surface area (Å²) < 4.78 is 26.9. The lowest BCUT2D eigenvalue weighted by Crippen LogP contribution is -2.32. The number of rotatable bonds is 3. The van der Waals surface area contributed by atoms with Gasteiger partial charge in [0, 0.05) is 13.1 Å². The molecule has 0 N–H and O–H groups in total. The Morgan fingerprint density at radius 2 is 1.86 bits per heavy atom. The molecule has 0 bridgehead atoms. The van der Waals surface area contributed by atoms with E-state index in [4.69, 9.17) is 5.26 Å². The average Bonchev–Trinajstić information content (AvgIpc) is 2.73. The van der Waals surface area contributed by atoms with Gasteiger partial charge in [0.1, 0.15) is 0 Å². The predicted molar refractivity (Wildman–Crippen MR) is 82.1 cm³/mol. The van der Waals surface area contributed by atoms with E-state index in [2.05, 4.69) is 13.8 Å². The van der Waals surface area contributed by atoms with Crippen molar-refractivity contribution in [1.29, 1.82) is 5.26 Å². The summed E-state index contributed by atoms with van der Waals surface area (Å²) in [6.07, 6.45) is 2.93. The third-order valence-electron chi connectivity index (χ3n) is 4.30. The van der Waals surface area contributed by atoms with Crippen molar-refractivity contribution in [1.82, 2.24) is 4.31 Å². The molecule has 1 saturated heterocycles. The summed E-state index contributed by atoms with van der Waals surface area (Å²) >= 11 is 0. The Bertz CT molecular complexity index is 615. The van der Waals surface area contributed by atoms with E-state index in [9.17, 15) is 8.42 Å². The quantitative estimate of drug-likeness (QED) is 0.862. The van der Waals surface area contributed by atoms with E-state index in [-0.39, 0.29) is 4.90 Å². The minimum atomic E-state index is -3.44. The van der Waals surface area contributed by atoms with Crippen LogP contribution in [0.2, 0.25) is 0 Å². The van der Waals surface area contributed by atoms with E-state index in [0.717, 1.165) is 19.3 Å². The monoisotopic (exact) mass is 306 g/mol. The Balaban J connectivity index is 2.17. The van der Waals surface area contributed by atoms with Gasteiger partial charge in [0.25, 0.3) is 0 Å². The zero-order valence-corrected chi connectivity index (χ0v) is 13.4. The first-order chi connectivity index (χ1) is 9.95. The summed E-state index contributed by atoms with van der Waals surface area (Å²) in [7, 11) is -3.44. The van der Waals surface area contributed by atoms with Gasteiger partial charge < -0.3 is 0 Å². The number of hydrogen-bond donors (Lipinski definition) is 0. The third kappa shape index (κ3) is 3.63. The van der Waals surface area contributed by atoms with Gasteiger partial charge in [0.15, 0.2) is 0 Å². The van der Waals surface area contributed by atoms with Crippen LogP contribution in [0.5, 0.6) is 0 Å². The first kappa shape index (κ1) is 16.0. The van der Waals surface area contributed by atoms with E-state index in [0.29, 0.717) is 30.5 Å². The highest BCUT2D eigenvalue weighted by Crippen LogP contribution is 2.27. The summed E-state index contributed by atoms with van der Waals surface area (Å²) in [4.78, 5) is 0.282. The highest BCUT2D eigenvalue weighted by molar-refractivity contribution is 7.89. The fourth-order valence-electron chi connectivity index (χ4n) is 2.85. The summed E-state index contributed by atoms with van der Waals surface area (Å²) in [6.45, 7) is 5.58. The number of benzene rings is 1. The maximum atomic E-state index is 12.7. The second-order valence-electron chi connectivity index (χ2n) is 5.98. The topological polar surface area (TPSA) is 61.2 Å². The molecule has 21 heavy (non-hydrogen) atoms. The molecule has 1 atom stereocenters.